The Balaban J connectivity index is 1.31. The fraction of sp³-hybridized carbons (Fsp3) is 0.333. The Morgan fingerprint density at radius 2 is 2.03 bits per heavy atom. The van der Waals surface area contributed by atoms with Gasteiger partial charge in [-0.25, -0.2) is 4.79 Å². The van der Waals surface area contributed by atoms with Crippen LogP contribution in [0.5, 0.6) is 0 Å². The minimum Gasteiger partial charge on any atom is -0.404 e. The third-order valence-corrected chi connectivity index (χ3v) is 6.08. The molecule has 6 nitrogen and oxygen atoms in total. The molecule has 2 aliphatic heterocycles. The van der Waals surface area contributed by atoms with Crippen molar-refractivity contribution in [2.75, 3.05) is 31.1 Å². The van der Waals surface area contributed by atoms with E-state index in [0.29, 0.717) is 12.5 Å². The van der Waals surface area contributed by atoms with Crippen LogP contribution < -0.4 is 16.0 Å². The van der Waals surface area contributed by atoms with Crippen LogP contribution in [0, 0.1) is 11.3 Å². The predicted molar refractivity (Wildman–Crippen MR) is 122 cm³/mol. The summed E-state index contributed by atoms with van der Waals surface area (Å²) in [6, 6.07) is 16.4. The van der Waals surface area contributed by atoms with Crippen LogP contribution in [0.1, 0.15) is 23.1 Å². The third kappa shape index (κ3) is 4.32. The lowest BCUT2D eigenvalue weighted by Gasteiger charge is -2.24. The summed E-state index contributed by atoms with van der Waals surface area (Å²) in [5, 5.41) is 10.5. The van der Waals surface area contributed by atoms with Crippen LogP contribution in [0.15, 0.2) is 54.7 Å². The van der Waals surface area contributed by atoms with E-state index in [-0.39, 0.29) is 6.03 Å². The molecule has 0 aliphatic carbocycles. The first-order valence-corrected chi connectivity index (χ1v) is 10.5. The normalized spacial score (nSPS) is 18.4. The molecule has 156 valence electrons. The smallest absolute Gasteiger partial charge is 0.317 e. The van der Waals surface area contributed by atoms with Crippen LogP contribution in [0.4, 0.5) is 10.5 Å². The molecule has 1 fully saturated rings. The molecule has 0 aromatic heterocycles. The Bertz CT molecular complexity index is 940. The van der Waals surface area contributed by atoms with Crippen molar-refractivity contribution in [2.45, 2.75) is 19.4 Å². The van der Waals surface area contributed by atoms with E-state index in [9.17, 15) is 4.79 Å². The number of allylic oxidation sites excluding steroid dienone is 1. The molecule has 4 rings (SSSR count). The van der Waals surface area contributed by atoms with Gasteiger partial charge in [-0.2, -0.15) is 0 Å². The summed E-state index contributed by atoms with van der Waals surface area (Å²) in [5.74, 6) is 0.485. The second-order valence-electron chi connectivity index (χ2n) is 8.05. The van der Waals surface area contributed by atoms with Crippen LogP contribution >= 0.6 is 0 Å². The zero-order valence-corrected chi connectivity index (χ0v) is 17.2. The third-order valence-electron chi connectivity index (χ3n) is 6.08. The summed E-state index contributed by atoms with van der Waals surface area (Å²) in [7, 11) is 0. The molecule has 1 unspecified atom stereocenters. The van der Waals surface area contributed by atoms with Crippen LogP contribution in [-0.4, -0.2) is 43.3 Å². The molecule has 2 aliphatic rings. The number of carbonyl (C=O) groups is 1. The lowest BCUT2D eigenvalue weighted by molar-refractivity contribution is 0.206. The SMILES string of the molecule is N=C/C(=C\N)c1ccc2c(c1)CCN2CC1CCN(C(=O)NCc2ccccc2)C1. The van der Waals surface area contributed by atoms with E-state index in [4.69, 9.17) is 11.1 Å². The minimum absolute atomic E-state index is 0.0283. The van der Waals surface area contributed by atoms with Crippen molar-refractivity contribution in [2.24, 2.45) is 11.7 Å². The van der Waals surface area contributed by atoms with Gasteiger partial charge in [-0.15, -0.1) is 0 Å². The number of rotatable bonds is 6. The fourth-order valence-corrected chi connectivity index (χ4v) is 4.43. The molecular formula is C24H29N5O. The van der Waals surface area contributed by atoms with Crippen LogP contribution in [0.25, 0.3) is 5.57 Å². The van der Waals surface area contributed by atoms with Crippen molar-refractivity contribution in [1.82, 2.24) is 10.2 Å². The first-order valence-electron chi connectivity index (χ1n) is 10.5. The number of hydrogen-bond donors (Lipinski definition) is 3. The Hall–Kier alpha value is -3.28. The molecule has 4 N–H and O–H groups in total. The maximum atomic E-state index is 12.5. The Morgan fingerprint density at radius 1 is 1.20 bits per heavy atom. The molecule has 30 heavy (non-hydrogen) atoms. The zero-order chi connectivity index (χ0) is 20.9. The number of amides is 2. The van der Waals surface area contributed by atoms with Crippen LogP contribution in [0.3, 0.4) is 0 Å². The van der Waals surface area contributed by atoms with E-state index >= 15 is 0 Å². The molecule has 2 aromatic carbocycles. The maximum absolute atomic E-state index is 12.5. The molecule has 0 bridgehead atoms. The van der Waals surface area contributed by atoms with Crippen molar-refractivity contribution in [3.63, 3.8) is 0 Å². The van der Waals surface area contributed by atoms with Crippen molar-refractivity contribution >= 4 is 23.5 Å². The highest BCUT2D eigenvalue weighted by molar-refractivity contribution is 6.08. The standard InChI is InChI=1S/C24H29N5O/c25-13-22(14-26)20-6-7-23-21(12-20)9-11-28(23)16-19-8-10-29(17-19)24(30)27-15-18-4-2-1-3-5-18/h1-7,12-14,19,25H,8-11,15-17,26H2,(H,27,30)/b22-14+,25-13?. The largest absolute Gasteiger partial charge is 0.404 e. The molecular weight excluding hydrogens is 374 g/mol. The van der Waals surface area contributed by atoms with Crippen molar-refractivity contribution in [3.05, 3.63) is 71.4 Å². The van der Waals surface area contributed by atoms with Crippen molar-refractivity contribution < 1.29 is 4.79 Å². The van der Waals surface area contributed by atoms with Gasteiger partial charge < -0.3 is 26.3 Å². The van der Waals surface area contributed by atoms with Gasteiger partial charge in [-0.05, 0) is 47.6 Å². The topological polar surface area (TPSA) is 85.5 Å². The fourth-order valence-electron chi connectivity index (χ4n) is 4.43. The number of nitrogens with zero attached hydrogens (tertiary/aromatic N) is 2. The van der Waals surface area contributed by atoms with Crippen molar-refractivity contribution in [3.8, 4) is 0 Å². The summed E-state index contributed by atoms with van der Waals surface area (Å²) >= 11 is 0. The predicted octanol–water partition coefficient (Wildman–Crippen LogP) is 3.23. The van der Waals surface area contributed by atoms with Gasteiger partial charge in [-0.1, -0.05) is 36.4 Å². The summed E-state index contributed by atoms with van der Waals surface area (Å²) in [6.45, 7) is 4.16. The number of benzene rings is 2. The first-order chi connectivity index (χ1) is 14.7. The molecule has 0 saturated carbocycles. The van der Waals surface area contributed by atoms with E-state index in [2.05, 4.69) is 22.3 Å². The monoisotopic (exact) mass is 403 g/mol. The Morgan fingerprint density at radius 3 is 2.80 bits per heavy atom. The number of anilines is 1. The second-order valence-corrected chi connectivity index (χ2v) is 8.05. The number of fused-ring (bicyclic) bond motifs is 1. The number of carbonyl (C=O) groups excluding carboxylic acids is 1. The van der Waals surface area contributed by atoms with E-state index < -0.39 is 0 Å². The molecule has 0 spiro atoms. The molecule has 2 aromatic rings. The van der Waals surface area contributed by atoms with Crippen LogP contribution in [0.2, 0.25) is 0 Å². The maximum Gasteiger partial charge on any atom is 0.317 e. The summed E-state index contributed by atoms with van der Waals surface area (Å²) in [5.41, 5.74) is 11.1. The van der Waals surface area contributed by atoms with Gasteiger partial charge in [0, 0.05) is 56.4 Å². The highest BCUT2D eigenvalue weighted by atomic mass is 16.2. The van der Waals surface area contributed by atoms with E-state index in [1.165, 1.54) is 23.7 Å². The van der Waals surface area contributed by atoms with Crippen molar-refractivity contribution in [1.29, 1.82) is 5.41 Å². The summed E-state index contributed by atoms with van der Waals surface area (Å²) in [6.07, 6.45) is 4.82. The van der Waals surface area contributed by atoms with Gasteiger partial charge in [0.25, 0.3) is 0 Å². The summed E-state index contributed by atoms with van der Waals surface area (Å²) in [4.78, 5) is 16.9. The van der Waals surface area contributed by atoms with E-state index in [1.54, 1.807) is 0 Å². The molecule has 1 saturated heterocycles. The van der Waals surface area contributed by atoms with E-state index in [1.807, 2.05) is 41.3 Å². The van der Waals surface area contributed by atoms with Gasteiger partial charge >= 0.3 is 6.03 Å². The lowest BCUT2D eigenvalue weighted by Crippen LogP contribution is -2.39. The highest BCUT2D eigenvalue weighted by Crippen LogP contribution is 2.32. The highest BCUT2D eigenvalue weighted by Gasteiger charge is 2.29. The number of nitrogens with two attached hydrogens (primary N) is 1. The number of nitrogens with one attached hydrogen (secondary N) is 2. The Kier molecular flexibility index (Phi) is 6.02. The average molecular weight is 404 g/mol. The Labute approximate surface area is 177 Å². The summed E-state index contributed by atoms with van der Waals surface area (Å²) < 4.78 is 0. The molecule has 0 radical (unpaired) electrons. The molecule has 2 heterocycles. The molecule has 2 amide bonds. The number of likely N-dealkylation sites (tertiary alicyclic amines) is 1. The van der Waals surface area contributed by atoms with Gasteiger partial charge in [-0.3, -0.25) is 0 Å². The second kappa shape index (κ2) is 9.03. The quantitative estimate of drug-likeness (QED) is 0.648. The average Bonchev–Trinajstić information content (AvgIpc) is 3.41. The van der Waals surface area contributed by atoms with E-state index in [0.717, 1.165) is 55.7 Å². The number of urea groups is 1. The number of hydrogen-bond acceptors (Lipinski definition) is 4. The minimum atomic E-state index is 0.0283. The zero-order valence-electron chi connectivity index (χ0n) is 17.2. The lowest BCUT2D eigenvalue weighted by atomic mass is 10.0. The molecule has 1 atom stereocenters. The molecule has 6 heteroatoms. The first kappa shape index (κ1) is 20.0. The van der Waals surface area contributed by atoms with Gasteiger partial charge in [0.05, 0.1) is 0 Å². The van der Waals surface area contributed by atoms with Crippen LogP contribution in [-0.2, 0) is 13.0 Å². The van der Waals surface area contributed by atoms with Gasteiger partial charge in [0.1, 0.15) is 0 Å². The van der Waals surface area contributed by atoms with Gasteiger partial charge in [0.2, 0.25) is 0 Å². The van der Waals surface area contributed by atoms with Gasteiger partial charge in [0.15, 0.2) is 0 Å².